The van der Waals surface area contributed by atoms with E-state index in [1.54, 1.807) is 0 Å². The van der Waals surface area contributed by atoms with Crippen molar-refractivity contribution in [2.75, 3.05) is 13.1 Å². The van der Waals surface area contributed by atoms with Crippen molar-refractivity contribution in [3.8, 4) is 0 Å². The molecule has 174 valence electrons. The summed E-state index contributed by atoms with van der Waals surface area (Å²) in [5.74, 6) is 1.88. The number of nitrogens with zero attached hydrogens (tertiary/aromatic N) is 1. The summed E-state index contributed by atoms with van der Waals surface area (Å²) < 4.78 is 0. The zero-order chi connectivity index (χ0) is 21.1. The third kappa shape index (κ3) is 3.62. The highest BCUT2D eigenvalue weighted by atomic mass is 35.5. The largest absolute Gasteiger partial charge is 0.391 e. The molecule has 0 aromatic rings. The Morgan fingerprint density at radius 2 is 1.94 bits per heavy atom. The van der Waals surface area contributed by atoms with Gasteiger partial charge in [0, 0.05) is 30.7 Å². The molecule has 1 heterocycles. The molecule has 6 nitrogen and oxygen atoms in total. The fraction of sp³-hybridized carbons (Fsp3) is 0.875. The first-order chi connectivity index (χ1) is 14.3. The van der Waals surface area contributed by atoms with Crippen LogP contribution in [0.1, 0.15) is 71.6 Å². The Labute approximate surface area is 191 Å². The van der Waals surface area contributed by atoms with E-state index in [4.69, 9.17) is 10.6 Å². The molecule has 0 aromatic heterocycles. The molecule has 0 bridgehead atoms. The predicted octanol–water partition coefficient (Wildman–Crippen LogP) is 3.47. The van der Waals surface area contributed by atoms with Gasteiger partial charge < -0.3 is 15.9 Å². The summed E-state index contributed by atoms with van der Waals surface area (Å²) in [4.78, 5) is 31.1. The zero-order valence-electron chi connectivity index (χ0n) is 18.9. The van der Waals surface area contributed by atoms with Crippen molar-refractivity contribution in [3.05, 3.63) is 0 Å². The van der Waals surface area contributed by atoms with Crippen LogP contribution in [0.15, 0.2) is 5.16 Å². The van der Waals surface area contributed by atoms with Crippen LogP contribution in [0, 0.1) is 40.4 Å². The number of carbonyl (C=O) groups excluding carboxylic acids is 2. The SMILES string of the molecule is C[C@]12CCC(=NO[C@@H]3CCNC3)CC1[C@@H](C(N)=O)C[C@@H]1[C@@H]2CC[C@]2(C)C(=O)CC[C@@H]12.Cl. The quantitative estimate of drug-likeness (QED) is 0.642. The molecule has 0 aromatic carbocycles. The topological polar surface area (TPSA) is 93.8 Å². The third-order valence-electron chi connectivity index (χ3n) is 9.97. The van der Waals surface area contributed by atoms with Gasteiger partial charge in [-0.05, 0) is 80.6 Å². The number of ketones is 1. The van der Waals surface area contributed by atoms with Crippen LogP contribution in [0.3, 0.4) is 0 Å². The molecule has 1 aliphatic heterocycles. The molecule has 5 fully saturated rings. The highest BCUT2D eigenvalue weighted by molar-refractivity contribution is 5.88. The first-order valence-corrected chi connectivity index (χ1v) is 12.1. The van der Waals surface area contributed by atoms with Crippen LogP contribution in [-0.2, 0) is 14.4 Å². The standard InChI is InChI=1S/C24H37N3O3.ClH/c1-23-8-5-14(27-30-15-7-10-26-13-15)11-20(23)17(22(25)29)12-16-18-3-4-21(28)24(18,2)9-6-19(16)23;/h15-20,26H,3-13H2,1-2H3,(H2,25,29);1H/t15-,16+,17+,18+,19+,20?,23-,24+;/m1./s1. The van der Waals surface area contributed by atoms with E-state index in [1.165, 1.54) is 0 Å². The van der Waals surface area contributed by atoms with Gasteiger partial charge in [-0.25, -0.2) is 0 Å². The lowest BCUT2D eigenvalue weighted by Gasteiger charge is -2.61. The highest BCUT2D eigenvalue weighted by Crippen LogP contribution is 2.66. The van der Waals surface area contributed by atoms with Gasteiger partial charge in [0.25, 0.3) is 0 Å². The van der Waals surface area contributed by atoms with Crippen molar-refractivity contribution < 1.29 is 14.4 Å². The predicted molar refractivity (Wildman–Crippen MR) is 122 cm³/mol. The van der Waals surface area contributed by atoms with Crippen molar-refractivity contribution in [2.45, 2.75) is 77.7 Å². The van der Waals surface area contributed by atoms with E-state index in [0.717, 1.165) is 76.6 Å². The molecular formula is C24H38ClN3O3. The van der Waals surface area contributed by atoms with E-state index in [2.05, 4.69) is 24.3 Å². The first kappa shape index (κ1) is 23.0. The molecule has 31 heavy (non-hydrogen) atoms. The average Bonchev–Trinajstić information content (AvgIpc) is 3.34. The molecule has 7 heteroatoms. The highest BCUT2D eigenvalue weighted by Gasteiger charge is 2.62. The van der Waals surface area contributed by atoms with Gasteiger partial charge in [0.15, 0.2) is 0 Å². The number of nitrogens with two attached hydrogens (primary N) is 1. The Morgan fingerprint density at radius 3 is 2.65 bits per heavy atom. The molecular weight excluding hydrogens is 414 g/mol. The molecule has 3 N–H and O–H groups in total. The summed E-state index contributed by atoms with van der Waals surface area (Å²) in [5.41, 5.74) is 7.02. The Bertz CT molecular complexity index is 767. The van der Waals surface area contributed by atoms with E-state index in [-0.39, 0.29) is 47.1 Å². The average molecular weight is 452 g/mol. The summed E-state index contributed by atoms with van der Waals surface area (Å²) in [6, 6.07) is 0. The lowest BCUT2D eigenvalue weighted by Crippen LogP contribution is -2.58. The van der Waals surface area contributed by atoms with Gasteiger partial charge in [0.1, 0.15) is 11.9 Å². The maximum atomic E-state index is 12.7. The minimum absolute atomic E-state index is 0. The van der Waals surface area contributed by atoms with E-state index >= 15 is 0 Å². The van der Waals surface area contributed by atoms with Crippen LogP contribution < -0.4 is 11.1 Å². The van der Waals surface area contributed by atoms with Gasteiger partial charge >= 0.3 is 0 Å². The number of primary amides is 1. The van der Waals surface area contributed by atoms with Gasteiger partial charge in [0.05, 0.1) is 5.71 Å². The number of fused-ring (bicyclic) bond motifs is 5. The number of carbonyl (C=O) groups is 2. The number of hydrogen-bond acceptors (Lipinski definition) is 5. The molecule has 5 aliphatic rings. The summed E-state index contributed by atoms with van der Waals surface area (Å²) in [5, 5.41) is 7.85. The van der Waals surface area contributed by atoms with Crippen LogP contribution >= 0.6 is 12.4 Å². The second kappa shape index (κ2) is 8.33. The van der Waals surface area contributed by atoms with E-state index < -0.39 is 0 Å². The lowest BCUT2D eigenvalue weighted by molar-refractivity contribution is -0.150. The van der Waals surface area contributed by atoms with Crippen LogP contribution in [0.25, 0.3) is 0 Å². The Hall–Kier alpha value is -1.14. The lowest BCUT2D eigenvalue weighted by atomic mass is 9.43. The molecule has 0 radical (unpaired) electrons. The number of rotatable bonds is 3. The Kier molecular flexibility index (Phi) is 6.19. The van der Waals surface area contributed by atoms with Gasteiger partial charge in [-0.3, -0.25) is 9.59 Å². The van der Waals surface area contributed by atoms with E-state index in [0.29, 0.717) is 23.5 Å². The van der Waals surface area contributed by atoms with Crippen molar-refractivity contribution in [2.24, 2.45) is 51.3 Å². The second-order valence-corrected chi connectivity index (χ2v) is 11.2. The second-order valence-electron chi connectivity index (χ2n) is 11.2. The number of Topliss-reactive ketones (excluding diaryl/α,β-unsaturated/α-hetero) is 1. The molecule has 5 rings (SSSR count). The van der Waals surface area contributed by atoms with Crippen LogP contribution in [0.5, 0.6) is 0 Å². The molecule has 1 amide bonds. The number of oxime groups is 1. The summed E-state index contributed by atoms with van der Waals surface area (Å²) in [6.07, 6.45) is 8.69. The minimum atomic E-state index is -0.170. The molecule has 8 atom stereocenters. The van der Waals surface area contributed by atoms with Gasteiger partial charge in [-0.2, -0.15) is 0 Å². The van der Waals surface area contributed by atoms with Gasteiger partial charge in [-0.15, -0.1) is 12.4 Å². The molecule has 4 aliphatic carbocycles. The van der Waals surface area contributed by atoms with Gasteiger partial charge in [0.2, 0.25) is 5.91 Å². The van der Waals surface area contributed by atoms with Crippen LogP contribution in [0.4, 0.5) is 0 Å². The van der Waals surface area contributed by atoms with Crippen LogP contribution in [-0.4, -0.2) is 36.6 Å². The Morgan fingerprint density at radius 1 is 1.13 bits per heavy atom. The molecule has 1 unspecified atom stereocenters. The van der Waals surface area contributed by atoms with E-state index in [9.17, 15) is 9.59 Å². The van der Waals surface area contributed by atoms with Gasteiger partial charge in [-0.1, -0.05) is 19.0 Å². The maximum absolute atomic E-state index is 12.7. The maximum Gasteiger partial charge on any atom is 0.220 e. The fourth-order valence-corrected chi connectivity index (χ4v) is 8.18. The fourth-order valence-electron chi connectivity index (χ4n) is 8.18. The normalized spacial score (nSPS) is 47.8. The third-order valence-corrected chi connectivity index (χ3v) is 9.97. The van der Waals surface area contributed by atoms with Crippen molar-refractivity contribution in [1.82, 2.24) is 5.32 Å². The summed E-state index contributed by atoms with van der Waals surface area (Å²) in [6.45, 7) is 6.45. The zero-order valence-corrected chi connectivity index (χ0v) is 19.7. The summed E-state index contributed by atoms with van der Waals surface area (Å²) in [7, 11) is 0. The number of halogens is 1. The number of hydrogen-bond donors (Lipinski definition) is 2. The van der Waals surface area contributed by atoms with Crippen molar-refractivity contribution in [1.29, 1.82) is 0 Å². The van der Waals surface area contributed by atoms with Crippen LogP contribution in [0.2, 0.25) is 0 Å². The number of nitrogens with one attached hydrogen (secondary N) is 1. The summed E-state index contributed by atoms with van der Waals surface area (Å²) >= 11 is 0. The molecule has 1 saturated heterocycles. The van der Waals surface area contributed by atoms with E-state index in [1.807, 2.05) is 0 Å². The first-order valence-electron chi connectivity index (χ1n) is 12.1. The Balaban J connectivity index is 0.00000231. The van der Waals surface area contributed by atoms with Crippen molar-refractivity contribution >= 4 is 29.8 Å². The number of amides is 1. The monoisotopic (exact) mass is 451 g/mol. The molecule has 4 saturated carbocycles. The molecule has 0 spiro atoms. The minimum Gasteiger partial charge on any atom is -0.391 e. The smallest absolute Gasteiger partial charge is 0.220 e. The van der Waals surface area contributed by atoms with Crippen molar-refractivity contribution in [3.63, 3.8) is 0 Å².